The Morgan fingerprint density at radius 1 is 1.22 bits per heavy atom. The lowest BCUT2D eigenvalue weighted by Crippen LogP contribution is -2.26. The Morgan fingerprint density at radius 3 is 2.84 bits per heavy atom. The van der Waals surface area contributed by atoms with Crippen LogP contribution in [0.1, 0.15) is 52.7 Å². The van der Waals surface area contributed by atoms with Crippen LogP contribution < -0.4 is 10.1 Å². The summed E-state index contributed by atoms with van der Waals surface area (Å²) in [5.74, 6) is 0.182. The second kappa shape index (κ2) is 11.2. The molecular weight excluding hydrogens is 491 g/mol. The van der Waals surface area contributed by atoms with Gasteiger partial charge in [0.15, 0.2) is 5.82 Å². The molecule has 5 rings (SSSR count). The highest BCUT2D eigenvalue weighted by Crippen LogP contribution is 2.32. The molecule has 4 aromatic rings. The number of nitrogens with zero attached hydrogens (tertiary/aromatic N) is 3. The van der Waals surface area contributed by atoms with Crippen LogP contribution in [0.5, 0.6) is 5.75 Å². The molecule has 0 saturated carbocycles. The standard InChI is InChI=1S/C28H29FN4O3S/c1-3-35-28(34)22-16-31-33(27(22)29)25-6-4-5-23(32-25)26-21(11-14-37-26)17-36-24-8-7-20(15-18(24)2)19-9-12-30-13-10-19/h4-8,11,14-16,19,30H,3,9-10,12-13,17H2,1-2H3. The van der Waals surface area contributed by atoms with E-state index in [1.54, 1.807) is 30.4 Å². The van der Waals surface area contributed by atoms with E-state index < -0.39 is 11.9 Å². The Balaban J connectivity index is 1.32. The number of hydrogen-bond acceptors (Lipinski definition) is 7. The number of halogens is 1. The zero-order valence-corrected chi connectivity index (χ0v) is 21.7. The van der Waals surface area contributed by atoms with Crippen LogP contribution in [-0.2, 0) is 11.3 Å². The van der Waals surface area contributed by atoms with Crippen molar-refractivity contribution >= 4 is 17.3 Å². The number of rotatable bonds is 8. The van der Waals surface area contributed by atoms with E-state index in [4.69, 9.17) is 9.47 Å². The third-order valence-corrected chi connectivity index (χ3v) is 7.51. The van der Waals surface area contributed by atoms with Crippen molar-refractivity contribution in [1.29, 1.82) is 0 Å². The van der Waals surface area contributed by atoms with E-state index in [2.05, 4.69) is 40.5 Å². The lowest BCUT2D eigenvalue weighted by molar-refractivity contribution is 0.0520. The number of carbonyl (C=O) groups is 1. The third-order valence-electron chi connectivity index (χ3n) is 6.53. The molecular formula is C28H29FN4O3S. The summed E-state index contributed by atoms with van der Waals surface area (Å²) in [6.45, 7) is 6.43. The summed E-state index contributed by atoms with van der Waals surface area (Å²) < 4.78 is 27.0. The Morgan fingerprint density at radius 2 is 2.05 bits per heavy atom. The number of aromatic nitrogens is 3. The number of hydrogen-bond donors (Lipinski definition) is 1. The normalized spacial score (nSPS) is 14.0. The van der Waals surface area contributed by atoms with Crippen molar-refractivity contribution in [2.24, 2.45) is 0 Å². The van der Waals surface area contributed by atoms with E-state index in [0.717, 1.165) is 58.6 Å². The van der Waals surface area contributed by atoms with Gasteiger partial charge in [-0.1, -0.05) is 18.2 Å². The SMILES string of the molecule is CCOC(=O)c1cnn(-c2cccc(-c3sccc3COc3ccc(C4CCNCC4)cc3C)n2)c1F. The number of nitrogens with one attached hydrogen (secondary N) is 1. The van der Waals surface area contributed by atoms with Gasteiger partial charge in [-0.25, -0.2) is 9.78 Å². The van der Waals surface area contributed by atoms with E-state index >= 15 is 0 Å². The first kappa shape index (κ1) is 25.1. The summed E-state index contributed by atoms with van der Waals surface area (Å²) in [6.07, 6.45) is 3.48. The molecule has 1 aromatic carbocycles. The van der Waals surface area contributed by atoms with Gasteiger partial charge in [-0.05, 0) is 86.5 Å². The van der Waals surface area contributed by atoms with Crippen LogP contribution in [0.15, 0.2) is 54.0 Å². The minimum Gasteiger partial charge on any atom is -0.489 e. The number of carbonyl (C=O) groups excluding carboxylic acids is 1. The van der Waals surface area contributed by atoms with Crippen LogP contribution in [0.25, 0.3) is 16.4 Å². The fraction of sp³-hybridized carbons (Fsp3) is 0.321. The first-order valence-electron chi connectivity index (χ1n) is 12.4. The third kappa shape index (κ3) is 5.42. The van der Waals surface area contributed by atoms with Gasteiger partial charge in [0.2, 0.25) is 5.95 Å². The summed E-state index contributed by atoms with van der Waals surface area (Å²) in [5.41, 5.74) is 3.95. The smallest absolute Gasteiger partial charge is 0.344 e. The van der Waals surface area contributed by atoms with E-state index in [0.29, 0.717) is 18.2 Å². The van der Waals surface area contributed by atoms with Crippen LogP contribution in [0, 0.1) is 12.9 Å². The Hall–Kier alpha value is -3.56. The van der Waals surface area contributed by atoms with Gasteiger partial charge in [0.05, 0.1) is 23.4 Å². The molecule has 1 aliphatic heterocycles. The molecule has 0 spiro atoms. The highest BCUT2D eigenvalue weighted by atomic mass is 32.1. The first-order valence-corrected chi connectivity index (χ1v) is 13.3. The molecule has 7 nitrogen and oxygen atoms in total. The van der Waals surface area contributed by atoms with Gasteiger partial charge in [-0.2, -0.15) is 14.2 Å². The van der Waals surface area contributed by atoms with Crippen molar-refractivity contribution in [3.05, 3.63) is 82.2 Å². The fourth-order valence-corrected chi connectivity index (χ4v) is 5.46. The highest BCUT2D eigenvalue weighted by Gasteiger charge is 2.21. The molecule has 3 aromatic heterocycles. The average Bonchev–Trinajstić information content (AvgIpc) is 3.55. The maximum absolute atomic E-state index is 14.9. The molecule has 1 saturated heterocycles. The van der Waals surface area contributed by atoms with Gasteiger partial charge in [-0.15, -0.1) is 11.3 Å². The summed E-state index contributed by atoms with van der Waals surface area (Å²) in [6, 6.07) is 13.8. The zero-order valence-electron chi connectivity index (χ0n) is 20.9. The van der Waals surface area contributed by atoms with Crippen LogP contribution in [0.2, 0.25) is 0 Å². The summed E-state index contributed by atoms with van der Waals surface area (Å²) in [5, 5.41) is 9.42. The average molecular weight is 521 g/mol. The van der Waals surface area contributed by atoms with E-state index in [-0.39, 0.29) is 18.0 Å². The molecule has 0 aliphatic carbocycles. The number of ether oxygens (including phenoxy) is 2. The van der Waals surface area contributed by atoms with Crippen molar-refractivity contribution in [2.45, 2.75) is 39.2 Å². The number of benzene rings is 1. The summed E-state index contributed by atoms with van der Waals surface area (Å²) in [4.78, 5) is 17.5. The number of thiophene rings is 1. The van der Waals surface area contributed by atoms with Crippen LogP contribution in [0.4, 0.5) is 4.39 Å². The minimum atomic E-state index is -0.804. The van der Waals surface area contributed by atoms with Crippen LogP contribution in [0.3, 0.4) is 0 Å². The largest absolute Gasteiger partial charge is 0.489 e. The Kier molecular flexibility index (Phi) is 7.62. The highest BCUT2D eigenvalue weighted by molar-refractivity contribution is 7.13. The van der Waals surface area contributed by atoms with Crippen molar-refractivity contribution in [3.8, 4) is 22.1 Å². The molecule has 0 amide bonds. The molecule has 1 aliphatic rings. The maximum atomic E-state index is 14.9. The van der Waals surface area contributed by atoms with Gasteiger partial charge in [0.1, 0.15) is 17.9 Å². The number of pyridine rings is 1. The van der Waals surface area contributed by atoms with Gasteiger partial charge >= 0.3 is 5.97 Å². The molecule has 0 atom stereocenters. The molecule has 1 N–H and O–H groups in total. The zero-order chi connectivity index (χ0) is 25.8. The van der Waals surface area contributed by atoms with Crippen LogP contribution in [-0.4, -0.2) is 40.4 Å². The second-order valence-corrected chi connectivity index (χ2v) is 9.89. The van der Waals surface area contributed by atoms with Crippen molar-refractivity contribution < 1.29 is 18.7 Å². The molecule has 0 unspecified atom stereocenters. The van der Waals surface area contributed by atoms with Crippen molar-refractivity contribution in [3.63, 3.8) is 0 Å². The maximum Gasteiger partial charge on any atom is 0.344 e. The topological polar surface area (TPSA) is 78.3 Å². The fourth-order valence-electron chi connectivity index (χ4n) is 4.58. The van der Waals surface area contributed by atoms with Gasteiger partial charge in [0, 0.05) is 5.56 Å². The quantitative estimate of drug-likeness (QED) is 0.302. The Bertz CT molecular complexity index is 1390. The molecule has 0 bridgehead atoms. The molecule has 4 heterocycles. The van der Waals surface area contributed by atoms with Gasteiger partial charge in [0.25, 0.3) is 0 Å². The van der Waals surface area contributed by atoms with Gasteiger partial charge < -0.3 is 14.8 Å². The predicted octanol–water partition coefficient (Wildman–Crippen LogP) is 5.67. The summed E-state index contributed by atoms with van der Waals surface area (Å²) >= 11 is 1.54. The molecule has 9 heteroatoms. The van der Waals surface area contributed by atoms with Crippen molar-refractivity contribution in [2.75, 3.05) is 19.7 Å². The second-order valence-electron chi connectivity index (χ2n) is 8.98. The molecule has 0 radical (unpaired) electrons. The minimum absolute atomic E-state index is 0.155. The number of esters is 1. The summed E-state index contributed by atoms with van der Waals surface area (Å²) in [7, 11) is 0. The van der Waals surface area contributed by atoms with E-state index in [9.17, 15) is 9.18 Å². The molecule has 1 fully saturated rings. The Labute approximate surface area is 219 Å². The monoisotopic (exact) mass is 520 g/mol. The number of aryl methyl sites for hydroxylation is 1. The lowest BCUT2D eigenvalue weighted by Gasteiger charge is -2.23. The van der Waals surface area contributed by atoms with E-state index in [1.807, 2.05) is 17.5 Å². The van der Waals surface area contributed by atoms with E-state index in [1.165, 1.54) is 5.56 Å². The first-order chi connectivity index (χ1) is 18.0. The molecule has 37 heavy (non-hydrogen) atoms. The van der Waals surface area contributed by atoms with Gasteiger partial charge in [-0.3, -0.25) is 0 Å². The van der Waals surface area contributed by atoms with Crippen molar-refractivity contribution in [1.82, 2.24) is 20.1 Å². The number of piperidine rings is 1. The van der Waals surface area contributed by atoms with Crippen LogP contribution >= 0.6 is 11.3 Å². The predicted molar refractivity (Wildman–Crippen MR) is 141 cm³/mol. The molecule has 192 valence electrons. The lowest BCUT2D eigenvalue weighted by atomic mass is 9.89.